The predicted molar refractivity (Wildman–Crippen MR) is 41.4 cm³/mol. The van der Waals surface area contributed by atoms with Crippen molar-refractivity contribution in [3.8, 4) is 0 Å². The first-order chi connectivity index (χ1) is 4.63. The number of rotatable bonds is 1. The predicted octanol–water partition coefficient (Wildman–Crippen LogP) is 0.628. The highest BCUT2D eigenvalue weighted by Crippen LogP contribution is 2.16. The van der Waals surface area contributed by atoms with Crippen molar-refractivity contribution in [1.29, 1.82) is 0 Å². The molecule has 0 aliphatic heterocycles. The molecule has 0 atom stereocenters. The molecule has 0 spiro atoms. The number of imidazole rings is 1. The van der Waals surface area contributed by atoms with Gasteiger partial charge in [0.05, 0.1) is 6.33 Å². The maximum Gasteiger partial charge on any atom is 0.166 e. The van der Waals surface area contributed by atoms with Crippen molar-refractivity contribution in [2.75, 3.05) is 11.5 Å². The summed E-state index contributed by atoms with van der Waals surface area (Å²) in [5, 5.41) is 0. The molecule has 0 radical (unpaired) electrons. The second-order valence-electron chi connectivity index (χ2n) is 2.52. The van der Waals surface area contributed by atoms with Crippen LogP contribution in [0.3, 0.4) is 0 Å². The van der Waals surface area contributed by atoms with E-state index in [1.807, 2.05) is 18.4 Å². The zero-order chi connectivity index (χ0) is 7.72. The Labute approximate surface area is 59.8 Å². The van der Waals surface area contributed by atoms with Crippen LogP contribution in [0.4, 0.5) is 11.6 Å². The summed E-state index contributed by atoms with van der Waals surface area (Å²) in [6.07, 6.45) is 1.65. The van der Waals surface area contributed by atoms with Gasteiger partial charge >= 0.3 is 0 Å². The van der Waals surface area contributed by atoms with E-state index < -0.39 is 0 Å². The summed E-state index contributed by atoms with van der Waals surface area (Å²) >= 11 is 0. The highest BCUT2D eigenvalue weighted by molar-refractivity contribution is 5.53. The average molecular weight is 140 g/mol. The fourth-order valence-corrected chi connectivity index (χ4v) is 0.797. The molecule has 0 amide bonds. The second-order valence-corrected chi connectivity index (χ2v) is 2.52. The Bertz CT molecular complexity index is 226. The minimum absolute atomic E-state index is 0.324. The van der Waals surface area contributed by atoms with Crippen LogP contribution in [-0.4, -0.2) is 9.55 Å². The van der Waals surface area contributed by atoms with E-state index in [4.69, 9.17) is 11.5 Å². The van der Waals surface area contributed by atoms with Crippen molar-refractivity contribution in [3.63, 3.8) is 0 Å². The molecule has 0 bridgehead atoms. The number of aromatic nitrogens is 2. The highest BCUT2D eigenvalue weighted by Gasteiger charge is 2.04. The second kappa shape index (κ2) is 2.21. The van der Waals surface area contributed by atoms with Gasteiger partial charge in [-0.1, -0.05) is 0 Å². The van der Waals surface area contributed by atoms with Crippen LogP contribution in [0, 0.1) is 0 Å². The lowest BCUT2D eigenvalue weighted by molar-refractivity contribution is 0.607. The lowest BCUT2D eigenvalue weighted by atomic mass is 10.4. The van der Waals surface area contributed by atoms with Gasteiger partial charge in [0.2, 0.25) is 0 Å². The molecule has 1 heterocycles. The summed E-state index contributed by atoms with van der Waals surface area (Å²) in [5.74, 6) is 0.962. The Hall–Kier alpha value is -1.19. The molecule has 4 nitrogen and oxygen atoms in total. The van der Waals surface area contributed by atoms with Gasteiger partial charge in [-0.3, -0.25) is 0 Å². The van der Waals surface area contributed by atoms with Gasteiger partial charge in [0.15, 0.2) is 5.82 Å². The highest BCUT2D eigenvalue weighted by atomic mass is 15.2. The molecule has 0 unspecified atom stereocenters. The zero-order valence-corrected chi connectivity index (χ0v) is 6.20. The van der Waals surface area contributed by atoms with Crippen LogP contribution in [0.25, 0.3) is 0 Å². The van der Waals surface area contributed by atoms with Crippen molar-refractivity contribution in [3.05, 3.63) is 6.33 Å². The van der Waals surface area contributed by atoms with Crippen LogP contribution < -0.4 is 11.5 Å². The Morgan fingerprint density at radius 1 is 1.50 bits per heavy atom. The van der Waals surface area contributed by atoms with Crippen molar-refractivity contribution in [1.82, 2.24) is 9.55 Å². The molecule has 4 N–H and O–H groups in total. The molecular weight excluding hydrogens is 128 g/mol. The van der Waals surface area contributed by atoms with E-state index in [-0.39, 0.29) is 0 Å². The van der Waals surface area contributed by atoms with Crippen LogP contribution >= 0.6 is 0 Å². The van der Waals surface area contributed by atoms with Crippen LogP contribution in [0.15, 0.2) is 6.33 Å². The number of hydrogen-bond donors (Lipinski definition) is 2. The largest absolute Gasteiger partial charge is 0.382 e. The quantitative estimate of drug-likeness (QED) is 0.601. The van der Waals surface area contributed by atoms with E-state index in [0.717, 1.165) is 0 Å². The van der Waals surface area contributed by atoms with Gasteiger partial charge in [0, 0.05) is 6.04 Å². The lowest BCUT2D eigenvalue weighted by Gasteiger charge is -2.07. The van der Waals surface area contributed by atoms with Gasteiger partial charge < -0.3 is 16.0 Å². The number of nitrogen functional groups attached to an aromatic ring is 2. The lowest BCUT2D eigenvalue weighted by Crippen LogP contribution is -2.04. The summed E-state index contributed by atoms with van der Waals surface area (Å²) in [4.78, 5) is 3.85. The first-order valence-corrected chi connectivity index (χ1v) is 3.20. The molecule has 4 heteroatoms. The summed E-state index contributed by atoms with van der Waals surface area (Å²) in [7, 11) is 0. The van der Waals surface area contributed by atoms with E-state index in [9.17, 15) is 0 Å². The van der Waals surface area contributed by atoms with Crippen LogP contribution in [0.5, 0.6) is 0 Å². The maximum absolute atomic E-state index is 5.58. The summed E-state index contributed by atoms with van der Waals surface area (Å²) < 4.78 is 1.83. The molecule has 0 aliphatic carbocycles. The summed E-state index contributed by atoms with van der Waals surface area (Å²) in [6, 6.07) is 0.324. The van der Waals surface area contributed by atoms with E-state index in [0.29, 0.717) is 17.7 Å². The molecule has 0 fully saturated rings. The Morgan fingerprint density at radius 3 is 2.30 bits per heavy atom. The van der Waals surface area contributed by atoms with E-state index >= 15 is 0 Å². The Morgan fingerprint density at radius 2 is 2.10 bits per heavy atom. The third kappa shape index (κ3) is 0.920. The third-order valence-electron chi connectivity index (χ3n) is 1.42. The molecule has 0 saturated heterocycles. The summed E-state index contributed by atoms with van der Waals surface area (Å²) in [5.41, 5.74) is 11.0. The normalized spacial score (nSPS) is 10.7. The molecule has 0 aromatic carbocycles. The molecule has 0 saturated carbocycles. The molecular formula is C6H12N4. The first-order valence-electron chi connectivity index (χ1n) is 3.20. The smallest absolute Gasteiger partial charge is 0.166 e. The van der Waals surface area contributed by atoms with Crippen molar-refractivity contribution in [2.45, 2.75) is 19.9 Å². The van der Waals surface area contributed by atoms with Gasteiger partial charge in [-0.25, -0.2) is 4.98 Å². The third-order valence-corrected chi connectivity index (χ3v) is 1.42. The van der Waals surface area contributed by atoms with E-state index in [2.05, 4.69) is 4.98 Å². The Kier molecular flexibility index (Phi) is 1.53. The van der Waals surface area contributed by atoms with Gasteiger partial charge in [-0.2, -0.15) is 0 Å². The van der Waals surface area contributed by atoms with E-state index in [1.54, 1.807) is 6.33 Å². The molecule has 1 aromatic rings. The number of nitrogens with two attached hydrogens (primary N) is 2. The topological polar surface area (TPSA) is 69.9 Å². The average Bonchev–Trinajstić information content (AvgIpc) is 2.14. The first kappa shape index (κ1) is 6.92. The van der Waals surface area contributed by atoms with E-state index in [1.165, 1.54) is 0 Å². The number of nitrogens with zero attached hydrogens (tertiary/aromatic N) is 2. The van der Waals surface area contributed by atoms with Gasteiger partial charge in [-0.15, -0.1) is 0 Å². The molecule has 56 valence electrons. The van der Waals surface area contributed by atoms with Crippen molar-refractivity contribution < 1.29 is 0 Å². The fraction of sp³-hybridized carbons (Fsp3) is 0.500. The molecule has 1 aromatic heterocycles. The van der Waals surface area contributed by atoms with Gasteiger partial charge in [0.25, 0.3) is 0 Å². The van der Waals surface area contributed by atoms with Crippen LogP contribution in [0.1, 0.15) is 19.9 Å². The van der Waals surface area contributed by atoms with Crippen LogP contribution in [-0.2, 0) is 0 Å². The molecule has 1 rings (SSSR count). The van der Waals surface area contributed by atoms with Gasteiger partial charge in [0.1, 0.15) is 5.82 Å². The standard InChI is InChI=1S/C6H12N4/c1-4(2)10-3-9-5(7)6(10)8/h3-4H,7-8H2,1-2H3. The minimum Gasteiger partial charge on any atom is -0.382 e. The van der Waals surface area contributed by atoms with Gasteiger partial charge in [-0.05, 0) is 13.8 Å². The van der Waals surface area contributed by atoms with Crippen molar-refractivity contribution in [2.24, 2.45) is 0 Å². The molecule has 10 heavy (non-hydrogen) atoms. The van der Waals surface area contributed by atoms with Crippen molar-refractivity contribution >= 4 is 11.6 Å². The maximum atomic E-state index is 5.58. The number of hydrogen-bond acceptors (Lipinski definition) is 3. The molecule has 0 aliphatic rings. The SMILES string of the molecule is CC(C)n1cnc(N)c1N. The van der Waals surface area contributed by atoms with Crippen LogP contribution in [0.2, 0.25) is 0 Å². The minimum atomic E-state index is 0.324. The zero-order valence-electron chi connectivity index (χ0n) is 6.20. The Balaban J connectivity index is 3.05. The fourth-order valence-electron chi connectivity index (χ4n) is 0.797. The summed E-state index contributed by atoms with van der Waals surface area (Å²) in [6.45, 7) is 4.05. The number of anilines is 2. The monoisotopic (exact) mass is 140 g/mol.